The molecule has 4 rings (SSSR count). The summed E-state index contributed by atoms with van der Waals surface area (Å²) in [5.41, 5.74) is 2.87. The molecule has 0 saturated carbocycles. The van der Waals surface area contributed by atoms with Crippen LogP contribution in [0.1, 0.15) is 5.56 Å². The Kier molecular flexibility index (Phi) is 5.94. The fourth-order valence-corrected chi connectivity index (χ4v) is 4.33. The molecule has 0 bridgehead atoms. The molecule has 0 fully saturated rings. The summed E-state index contributed by atoms with van der Waals surface area (Å²) >= 11 is 4.86. The summed E-state index contributed by atoms with van der Waals surface area (Å²) in [6.07, 6.45) is -0.641. The summed E-state index contributed by atoms with van der Waals surface area (Å²) in [7, 11) is 1.65. The van der Waals surface area contributed by atoms with E-state index in [1.165, 1.54) is 11.8 Å². The van der Waals surface area contributed by atoms with Crippen molar-refractivity contribution in [2.45, 2.75) is 18.2 Å². The summed E-state index contributed by atoms with van der Waals surface area (Å²) < 4.78 is 14.0. The number of fused-ring (bicyclic) bond motifs is 3. The van der Waals surface area contributed by atoms with Gasteiger partial charge < -0.3 is 14.6 Å². The van der Waals surface area contributed by atoms with Crippen molar-refractivity contribution in [1.82, 2.24) is 14.6 Å². The third-order valence-corrected chi connectivity index (χ3v) is 6.09. The van der Waals surface area contributed by atoms with E-state index in [1.54, 1.807) is 7.11 Å². The lowest BCUT2D eigenvalue weighted by molar-refractivity contribution is 0.126. The van der Waals surface area contributed by atoms with Crippen molar-refractivity contribution in [1.29, 1.82) is 0 Å². The lowest BCUT2D eigenvalue weighted by atomic mass is 10.1. The van der Waals surface area contributed by atoms with Crippen molar-refractivity contribution in [3.63, 3.8) is 0 Å². The summed E-state index contributed by atoms with van der Waals surface area (Å²) in [6.45, 7) is 2.26. The van der Waals surface area contributed by atoms with Gasteiger partial charge in [-0.3, -0.25) is 4.40 Å². The molecule has 1 N–H and O–H groups in total. The fourth-order valence-electron chi connectivity index (χ4n) is 3.09. The molecule has 0 aliphatic rings. The first-order valence-corrected chi connectivity index (χ1v) is 10.8. The number of nitrogens with zero attached hydrogens (tertiary/aromatic N) is 3. The van der Waals surface area contributed by atoms with Gasteiger partial charge >= 0.3 is 0 Å². The van der Waals surface area contributed by atoms with E-state index in [-0.39, 0.29) is 6.61 Å². The molecule has 1 atom stereocenters. The normalized spacial score (nSPS) is 12.4. The van der Waals surface area contributed by atoms with Gasteiger partial charge in [-0.15, -0.1) is 10.2 Å². The molecule has 2 heterocycles. The Hall–Kier alpha value is -2.29. The zero-order chi connectivity index (χ0) is 20.4. The number of aromatic nitrogens is 3. The zero-order valence-corrected chi connectivity index (χ0v) is 18.4. The van der Waals surface area contributed by atoms with Crippen molar-refractivity contribution >= 4 is 44.2 Å². The largest absolute Gasteiger partial charge is 0.497 e. The number of hydrogen-bond donors (Lipinski definition) is 1. The van der Waals surface area contributed by atoms with Crippen LogP contribution in [-0.2, 0) is 0 Å². The van der Waals surface area contributed by atoms with Gasteiger partial charge in [0.1, 0.15) is 18.1 Å². The van der Waals surface area contributed by atoms with E-state index in [0.717, 1.165) is 37.5 Å². The van der Waals surface area contributed by atoms with Crippen LogP contribution < -0.4 is 9.47 Å². The van der Waals surface area contributed by atoms with E-state index in [0.29, 0.717) is 11.5 Å². The SMILES string of the molecule is COc1ccc2c(C)cc3nnc(SCC(O)COc4cccc(Br)c4)n3c2c1. The molecule has 0 aliphatic carbocycles. The molecule has 0 spiro atoms. The Balaban J connectivity index is 1.52. The van der Waals surface area contributed by atoms with Crippen molar-refractivity contribution in [3.8, 4) is 11.5 Å². The maximum atomic E-state index is 10.4. The molecular weight excluding hydrogens is 454 g/mol. The van der Waals surface area contributed by atoms with Crippen LogP contribution >= 0.6 is 27.7 Å². The minimum Gasteiger partial charge on any atom is -0.497 e. The topological polar surface area (TPSA) is 68.9 Å². The van der Waals surface area contributed by atoms with E-state index in [2.05, 4.69) is 33.1 Å². The molecule has 0 radical (unpaired) electrons. The van der Waals surface area contributed by atoms with E-state index in [9.17, 15) is 5.11 Å². The van der Waals surface area contributed by atoms with Crippen molar-refractivity contribution in [2.24, 2.45) is 0 Å². The van der Waals surface area contributed by atoms with Gasteiger partial charge in [-0.05, 0) is 48.9 Å². The van der Waals surface area contributed by atoms with E-state index in [1.807, 2.05) is 52.9 Å². The van der Waals surface area contributed by atoms with Crippen molar-refractivity contribution < 1.29 is 14.6 Å². The third kappa shape index (κ3) is 4.34. The van der Waals surface area contributed by atoms with Gasteiger partial charge in [-0.25, -0.2) is 0 Å². The van der Waals surface area contributed by atoms with Gasteiger partial charge in [-0.2, -0.15) is 0 Å². The lowest BCUT2D eigenvalue weighted by Gasteiger charge is -2.12. The number of rotatable bonds is 7. The number of ether oxygens (including phenoxy) is 2. The molecule has 4 aromatic rings. The van der Waals surface area contributed by atoms with Crippen molar-refractivity contribution in [3.05, 3.63) is 58.6 Å². The number of methoxy groups -OCH3 is 1. The van der Waals surface area contributed by atoms with Crippen LogP contribution in [0.5, 0.6) is 11.5 Å². The van der Waals surface area contributed by atoms with Crippen LogP contribution in [0.2, 0.25) is 0 Å². The molecule has 0 aliphatic heterocycles. The smallest absolute Gasteiger partial charge is 0.196 e. The average Bonchev–Trinajstić information content (AvgIpc) is 3.13. The molecule has 29 heavy (non-hydrogen) atoms. The summed E-state index contributed by atoms with van der Waals surface area (Å²) in [5.74, 6) is 1.93. The van der Waals surface area contributed by atoms with Gasteiger partial charge in [0.25, 0.3) is 0 Å². The maximum Gasteiger partial charge on any atom is 0.196 e. The van der Waals surface area contributed by atoms with Gasteiger partial charge in [-0.1, -0.05) is 33.8 Å². The molecular formula is C21H20BrN3O3S. The Bertz CT molecular complexity index is 1160. The second-order valence-electron chi connectivity index (χ2n) is 6.62. The van der Waals surface area contributed by atoms with Crippen LogP contribution in [0.25, 0.3) is 16.6 Å². The summed E-state index contributed by atoms with van der Waals surface area (Å²) in [4.78, 5) is 0. The first kappa shape index (κ1) is 20.0. The number of aryl methyl sites for hydroxylation is 1. The molecule has 0 saturated heterocycles. The Morgan fingerprint density at radius 2 is 2.00 bits per heavy atom. The number of halogens is 1. The first-order valence-electron chi connectivity index (χ1n) is 9.07. The van der Waals surface area contributed by atoms with Crippen LogP contribution in [0.4, 0.5) is 0 Å². The third-order valence-electron chi connectivity index (χ3n) is 4.52. The summed E-state index contributed by atoms with van der Waals surface area (Å²) in [6, 6.07) is 15.5. The molecule has 150 valence electrons. The Morgan fingerprint density at radius 3 is 2.79 bits per heavy atom. The predicted molar refractivity (Wildman–Crippen MR) is 118 cm³/mol. The molecule has 0 amide bonds. The van der Waals surface area contributed by atoms with E-state index < -0.39 is 6.10 Å². The minimum absolute atomic E-state index is 0.202. The molecule has 6 nitrogen and oxygen atoms in total. The van der Waals surface area contributed by atoms with Gasteiger partial charge in [0.2, 0.25) is 0 Å². The molecule has 1 unspecified atom stereocenters. The van der Waals surface area contributed by atoms with Gasteiger partial charge in [0.05, 0.1) is 18.7 Å². The highest BCUT2D eigenvalue weighted by Gasteiger charge is 2.15. The highest BCUT2D eigenvalue weighted by atomic mass is 79.9. The Labute approximate surface area is 181 Å². The number of thioether (sulfide) groups is 1. The minimum atomic E-state index is -0.641. The molecule has 8 heteroatoms. The highest BCUT2D eigenvalue weighted by molar-refractivity contribution is 9.10. The highest BCUT2D eigenvalue weighted by Crippen LogP contribution is 2.29. The summed E-state index contributed by atoms with van der Waals surface area (Å²) in [5, 5.41) is 20.8. The van der Waals surface area contributed by atoms with Gasteiger partial charge in [0, 0.05) is 21.7 Å². The lowest BCUT2D eigenvalue weighted by Crippen LogP contribution is -2.20. The van der Waals surface area contributed by atoms with Crippen LogP contribution in [0.3, 0.4) is 0 Å². The monoisotopic (exact) mass is 473 g/mol. The van der Waals surface area contributed by atoms with Crippen molar-refractivity contribution in [2.75, 3.05) is 19.5 Å². The zero-order valence-electron chi connectivity index (χ0n) is 16.0. The second kappa shape index (κ2) is 8.61. The van der Waals surface area contributed by atoms with E-state index >= 15 is 0 Å². The number of hydrogen-bond acceptors (Lipinski definition) is 6. The standard InChI is InChI=1S/C21H20BrN3O3S/c1-13-8-20-23-24-21(25(20)19-10-16(27-2)6-7-18(13)19)29-12-15(26)11-28-17-5-3-4-14(22)9-17/h3-10,15,26H,11-12H2,1-2H3. The van der Waals surface area contributed by atoms with Crippen LogP contribution in [0.15, 0.2) is 58.2 Å². The second-order valence-corrected chi connectivity index (χ2v) is 8.52. The maximum absolute atomic E-state index is 10.4. The predicted octanol–water partition coefficient (Wildman–Crippen LogP) is 4.49. The number of pyridine rings is 1. The number of benzene rings is 2. The van der Waals surface area contributed by atoms with E-state index in [4.69, 9.17) is 9.47 Å². The quantitative estimate of drug-likeness (QED) is 0.398. The fraction of sp³-hybridized carbons (Fsp3) is 0.238. The Morgan fingerprint density at radius 1 is 1.14 bits per heavy atom. The average molecular weight is 474 g/mol. The van der Waals surface area contributed by atoms with Crippen LogP contribution in [0, 0.1) is 6.92 Å². The molecule has 2 aromatic carbocycles. The van der Waals surface area contributed by atoms with Crippen LogP contribution in [-0.4, -0.2) is 45.3 Å². The number of aliphatic hydroxyl groups excluding tert-OH is 1. The van der Waals surface area contributed by atoms with Gasteiger partial charge in [0.15, 0.2) is 10.8 Å². The molecule has 2 aromatic heterocycles. The number of aliphatic hydroxyl groups is 1. The first-order chi connectivity index (χ1) is 14.0.